The van der Waals surface area contributed by atoms with Crippen LogP contribution in [0.25, 0.3) is 0 Å². The topological polar surface area (TPSA) is 52.0 Å². The molecule has 2 aromatic carbocycles. The van der Waals surface area contributed by atoms with Gasteiger partial charge in [0.1, 0.15) is 24.2 Å². The molecule has 1 aliphatic heterocycles. The van der Waals surface area contributed by atoms with Gasteiger partial charge < -0.3 is 13.9 Å². The number of benzene rings is 2. The van der Waals surface area contributed by atoms with E-state index in [1.54, 1.807) is 24.5 Å². The van der Waals surface area contributed by atoms with Crippen molar-refractivity contribution in [1.29, 1.82) is 0 Å². The number of rotatable bonds is 6. The van der Waals surface area contributed by atoms with E-state index in [0.29, 0.717) is 23.7 Å². The molecule has 3 aromatic rings. The standard InChI is InChI=1S/C20H16O4/c21-18(20-19(24-20)17-11-6-12-22-17)15-9-4-5-10-16(15)23-13-14-7-2-1-3-8-14/h1-12,19-20H,13H2/t19-,20+/m1/s1. The van der Waals surface area contributed by atoms with Crippen molar-refractivity contribution < 1.29 is 18.7 Å². The van der Waals surface area contributed by atoms with Gasteiger partial charge in [-0.15, -0.1) is 0 Å². The first-order valence-electron chi connectivity index (χ1n) is 7.82. The summed E-state index contributed by atoms with van der Waals surface area (Å²) < 4.78 is 16.6. The molecule has 1 aromatic heterocycles. The van der Waals surface area contributed by atoms with E-state index in [4.69, 9.17) is 13.9 Å². The maximum atomic E-state index is 12.7. The molecule has 0 unspecified atom stereocenters. The zero-order valence-corrected chi connectivity index (χ0v) is 12.9. The molecule has 2 heterocycles. The Labute approximate surface area is 139 Å². The molecule has 120 valence electrons. The molecule has 0 radical (unpaired) electrons. The number of ether oxygens (including phenoxy) is 2. The number of epoxide rings is 1. The van der Waals surface area contributed by atoms with Crippen LogP contribution < -0.4 is 4.74 Å². The van der Waals surface area contributed by atoms with Crippen molar-refractivity contribution in [2.24, 2.45) is 0 Å². The summed E-state index contributed by atoms with van der Waals surface area (Å²) >= 11 is 0. The van der Waals surface area contributed by atoms with Gasteiger partial charge in [-0.1, -0.05) is 42.5 Å². The quantitative estimate of drug-likeness (QED) is 0.505. The first-order chi connectivity index (χ1) is 11.8. The van der Waals surface area contributed by atoms with Crippen LogP contribution in [0.1, 0.15) is 27.8 Å². The number of carbonyl (C=O) groups is 1. The molecule has 4 nitrogen and oxygen atoms in total. The first-order valence-corrected chi connectivity index (χ1v) is 7.82. The fourth-order valence-electron chi connectivity index (χ4n) is 2.67. The second kappa shape index (κ2) is 6.34. The van der Waals surface area contributed by atoms with Gasteiger partial charge in [0.05, 0.1) is 11.8 Å². The minimum Gasteiger partial charge on any atom is -0.488 e. The van der Waals surface area contributed by atoms with Gasteiger partial charge in [0, 0.05) is 0 Å². The van der Waals surface area contributed by atoms with Gasteiger partial charge in [0.15, 0.2) is 11.9 Å². The molecule has 0 N–H and O–H groups in total. The molecule has 24 heavy (non-hydrogen) atoms. The van der Waals surface area contributed by atoms with Crippen LogP contribution in [0.2, 0.25) is 0 Å². The molecule has 4 rings (SSSR count). The largest absolute Gasteiger partial charge is 0.488 e. The Morgan fingerprint density at radius 1 is 0.958 bits per heavy atom. The summed E-state index contributed by atoms with van der Waals surface area (Å²) in [6, 6.07) is 20.7. The highest BCUT2D eigenvalue weighted by molar-refractivity contribution is 6.03. The number of para-hydroxylation sites is 1. The van der Waals surface area contributed by atoms with Gasteiger partial charge in [-0.05, 0) is 29.8 Å². The van der Waals surface area contributed by atoms with Crippen molar-refractivity contribution in [1.82, 2.24) is 0 Å². The summed E-state index contributed by atoms with van der Waals surface area (Å²) in [7, 11) is 0. The Bertz CT molecular complexity index is 824. The second-order valence-corrected chi connectivity index (χ2v) is 5.63. The Kier molecular flexibility index (Phi) is 3.89. The van der Waals surface area contributed by atoms with Crippen LogP contribution in [0, 0.1) is 0 Å². The smallest absolute Gasteiger partial charge is 0.198 e. The lowest BCUT2D eigenvalue weighted by molar-refractivity contribution is 0.0949. The average molecular weight is 320 g/mol. The molecule has 1 fully saturated rings. The summed E-state index contributed by atoms with van der Waals surface area (Å²) in [4.78, 5) is 12.7. The highest BCUT2D eigenvalue weighted by Crippen LogP contribution is 2.41. The van der Waals surface area contributed by atoms with E-state index in [9.17, 15) is 4.79 Å². The molecular weight excluding hydrogens is 304 g/mol. The van der Waals surface area contributed by atoms with Crippen LogP contribution in [0.15, 0.2) is 77.4 Å². The van der Waals surface area contributed by atoms with Crippen LogP contribution in [0.4, 0.5) is 0 Å². The van der Waals surface area contributed by atoms with E-state index in [1.807, 2.05) is 48.5 Å². The highest BCUT2D eigenvalue weighted by Gasteiger charge is 2.48. The molecule has 0 amide bonds. The number of furan rings is 1. The lowest BCUT2D eigenvalue weighted by Gasteiger charge is -2.10. The van der Waals surface area contributed by atoms with Gasteiger partial charge in [0.25, 0.3) is 0 Å². The van der Waals surface area contributed by atoms with Gasteiger partial charge in [-0.3, -0.25) is 4.79 Å². The summed E-state index contributed by atoms with van der Waals surface area (Å²) in [5.74, 6) is 1.16. The molecule has 0 saturated carbocycles. The zero-order valence-electron chi connectivity index (χ0n) is 12.9. The number of hydrogen-bond acceptors (Lipinski definition) is 4. The minimum absolute atomic E-state index is 0.0833. The SMILES string of the molecule is O=C(c1ccccc1OCc1ccccc1)[C@@H]1O[C@@H]1c1ccco1. The Morgan fingerprint density at radius 2 is 1.75 bits per heavy atom. The average Bonchev–Trinajstić information content (AvgIpc) is 3.25. The number of ketones is 1. The van der Waals surface area contributed by atoms with E-state index >= 15 is 0 Å². The molecule has 1 aliphatic rings. The van der Waals surface area contributed by atoms with Crippen molar-refractivity contribution in [3.63, 3.8) is 0 Å². The Morgan fingerprint density at radius 3 is 2.54 bits per heavy atom. The van der Waals surface area contributed by atoms with Crippen LogP contribution >= 0.6 is 0 Å². The molecular formula is C20H16O4. The van der Waals surface area contributed by atoms with Crippen molar-refractivity contribution in [3.05, 3.63) is 89.9 Å². The van der Waals surface area contributed by atoms with Crippen molar-refractivity contribution in [2.75, 3.05) is 0 Å². The third-order valence-electron chi connectivity index (χ3n) is 3.96. The molecule has 0 spiro atoms. The normalized spacial score (nSPS) is 19.0. The fraction of sp³-hybridized carbons (Fsp3) is 0.150. The predicted molar refractivity (Wildman–Crippen MR) is 87.9 cm³/mol. The highest BCUT2D eigenvalue weighted by atomic mass is 16.6. The molecule has 4 heteroatoms. The zero-order chi connectivity index (χ0) is 16.4. The third-order valence-corrected chi connectivity index (χ3v) is 3.96. The van der Waals surface area contributed by atoms with E-state index < -0.39 is 6.10 Å². The van der Waals surface area contributed by atoms with Gasteiger partial charge in [0.2, 0.25) is 0 Å². The van der Waals surface area contributed by atoms with Crippen molar-refractivity contribution in [3.8, 4) is 5.75 Å². The van der Waals surface area contributed by atoms with Gasteiger partial charge in [-0.2, -0.15) is 0 Å². The molecule has 2 atom stereocenters. The van der Waals surface area contributed by atoms with Gasteiger partial charge >= 0.3 is 0 Å². The predicted octanol–water partition coefficient (Wildman–Crippen LogP) is 4.18. The van der Waals surface area contributed by atoms with Crippen molar-refractivity contribution in [2.45, 2.75) is 18.8 Å². The van der Waals surface area contributed by atoms with Crippen LogP contribution in [0.3, 0.4) is 0 Å². The maximum Gasteiger partial charge on any atom is 0.198 e. The lowest BCUT2D eigenvalue weighted by atomic mass is 10.0. The van der Waals surface area contributed by atoms with Gasteiger partial charge in [-0.25, -0.2) is 0 Å². The summed E-state index contributed by atoms with van der Waals surface area (Å²) in [6.45, 7) is 0.415. The van der Waals surface area contributed by atoms with Crippen LogP contribution in [0.5, 0.6) is 5.75 Å². The molecule has 1 saturated heterocycles. The third kappa shape index (κ3) is 2.96. The number of hydrogen-bond donors (Lipinski definition) is 0. The lowest BCUT2D eigenvalue weighted by Crippen LogP contribution is -2.10. The summed E-state index contributed by atoms with van der Waals surface area (Å²) in [5, 5.41) is 0. The number of carbonyl (C=O) groups excluding carboxylic acids is 1. The minimum atomic E-state index is -0.502. The van der Waals surface area contributed by atoms with E-state index in [0.717, 1.165) is 5.56 Å². The maximum absolute atomic E-state index is 12.7. The Balaban J connectivity index is 1.48. The monoisotopic (exact) mass is 320 g/mol. The first kappa shape index (κ1) is 14.7. The van der Waals surface area contributed by atoms with E-state index in [-0.39, 0.29) is 11.9 Å². The van der Waals surface area contributed by atoms with E-state index in [2.05, 4.69) is 0 Å². The van der Waals surface area contributed by atoms with Crippen molar-refractivity contribution >= 4 is 5.78 Å². The summed E-state index contributed by atoms with van der Waals surface area (Å²) in [5.41, 5.74) is 1.59. The number of Topliss-reactive ketones (excluding diaryl/α,β-unsaturated/α-hetero) is 1. The van der Waals surface area contributed by atoms with Crippen LogP contribution in [-0.2, 0) is 11.3 Å². The Hall–Kier alpha value is -2.85. The fourth-order valence-corrected chi connectivity index (χ4v) is 2.67. The molecule has 0 aliphatic carbocycles. The van der Waals surface area contributed by atoms with E-state index in [1.165, 1.54) is 0 Å². The second-order valence-electron chi connectivity index (χ2n) is 5.63. The summed E-state index contributed by atoms with van der Waals surface area (Å²) in [6.07, 6.45) is 0.780. The van der Waals surface area contributed by atoms with Crippen LogP contribution in [-0.4, -0.2) is 11.9 Å². The molecule has 0 bridgehead atoms.